The number of hydrogen-bond acceptors (Lipinski definition) is 4. The van der Waals surface area contributed by atoms with Gasteiger partial charge in [0.05, 0.1) is 13.1 Å². The Kier molecular flexibility index (Phi) is 4.13. The fraction of sp³-hybridized carbons (Fsp3) is 0.500. The maximum Gasteiger partial charge on any atom is 0.410 e. The fourth-order valence-corrected chi connectivity index (χ4v) is 2.09. The van der Waals surface area contributed by atoms with Gasteiger partial charge in [-0.2, -0.15) is 0 Å². The molecule has 6 heteroatoms. The maximum absolute atomic E-state index is 11.8. The molecule has 1 aliphatic rings. The van der Waals surface area contributed by atoms with E-state index < -0.39 is 5.60 Å². The van der Waals surface area contributed by atoms with Crippen LogP contribution in [0, 0.1) is 0 Å². The van der Waals surface area contributed by atoms with Crippen LogP contribution in [0.2, 0.25) is 0 Å². The number of rotatable bonds is 2. The van der Waals surface area contributed by atoms with Gasteiger partial charge in [-0.1, -0.05) is 15.9 Å². The Morgan fingerprint density at radius 2 is 2.05 bits per heavy atom. The highest BCUT2D eigenvalue weighted by atomic mass is 79.9. The van der Waals surface area contributed by atoms with Gasteiger partial charge in [-0.05, 0) is 39.0 Å². The maximum atomic E-state index is 11.8. The molecule has 5 nitrogen and oxygen atoms in total. The molecule has 0 atom stereocenters. The lowest BCUT2D eigenvalue weighted by Crippen LogP contribution is -2.57. The molecule has 0 saturated carbocycles. The number of ether oxygens (including phenoxy) is 2. The van der Waals surface area contributed by atoms with Crippen LogP contribution in [0.25, 0.3) is 0 Å². The SMILES string of the molecule is CC(C)(C)OC(=O)N1CC(Oc2cc(Br)ccc2O)C1. The van der Waals surface area contributed by atoms with E-state index in [1.807, 2.05) is 20.8 Å². The van der Waals surface area contributed by atoms with Crippen molar-refractivity contribution in [2.24, 2.45) is 0 Å². The number of hydrogen-bond donors (Lipinski definition) is 1. The van der Waals surface area contributed by atoms with Crippen LogP contribution in [0.1, 0.15) is 20.8 Å². The van der Waals surface area contributed by atoms with Gasteiger partial charge in [0.1, 0.15) is 11.7 Å². The molecule has 110 valence electrons. The second-order valence-corrected chi connectivity index (χ2v) is 6.65. The zero-order valence-electron chi connectivity index (χ0n) is 11.7. The topological polar surface area (TPSA) is 59.0 Å². The minimum absolute atomic E-state index is 0.0870. The Morgan fingerprint density at radius 1 is 1.40 bits per heavy atom. The van der Waals surface area contributed by atoms with Crippen molar-refractivity contribution in [3.05, 3.63) is 22.7 Å². The van der Waals surface area contributed by atoms with Crippen molar-refractivity contribution in [2.75, 3.05) is 13.1 Å². The Morgan fingerprint density at radius 3 is 2.65 bits per heavy atom. The number of phenols is 1. The first kappa shape index (κ1) is 15.0. The smallest absolute Gasteiger partial charge is 0.410 e. The van der Waals surface area contributed by atoms with Gasteiger partial charge in [0, 0.05) is 4.47 Å². The Bertz CT molecular complexity index is 506. The van der Waals surface area contributed by atoms with Gasteiger partial charge in [0.2, 0.25) is 0 Å². The summed E-state index contributed by atoms with van der Waals surface area (Å²) < 4.78 is 11.7. The van der Waals surface area contributed by atoms with E-state index in [0.29, 0.717) is 18.8 Å². The number of likely N-dealkylation sites (tertiary alicyclic amines) is 1. The van der Waals surface area contributed by atoms with Gasteiger partial charge in [-0.25, -0.2) is 4.79 Å². The summed E-state index contributed by atoms with van der Waals surface area (Å²) >= 11 is 3.32. The molecular weight excluding hydrogens is 326 g/mol. The van der Waals surface area contributed by atoms with Gasteiger partial charge in [-0.15, -0.1) is 0 Å². The minimum Gasteiger partial charge on any atom is -0.504 e. The lowest BCUT2D eigenvalue weighted by atomic mass is 10.1. The van der Waals surface area contributed by atoms with Crippen molar-refractivity contribution in [1.82, 2.24) is 4.90 Å². The van der Waals surface area contributed by atoms with Crippen LogP contribution in [0.4, 0.5) is 4.79 Å². The number of benzene rings is 1. The summed E-state index contributed by atoms with van der Waals surface area (Å²) in [5.41, 5.74) is -0.494. The molecule has 0 spiro atoms. The molecule has 1 aromatic rings. The molecule has 0 radical (unpaired) electrons. The number of aromatic hydroxyl groups is 1. The van der Waals surface area contributed by atoms with Gasteiger partial charge >= 0.3 is 6.09 Å². The number of nitrogens with zero attached hydrogens (tertiary/aromatic N) is 1. The highest BCUT2D eigenvalue weighted by Crippen LogP contribution is 2.31. The van der Waals surface area contributed by atoms with Crippen LogP contribution < -0.4 is 4.74 Å². The first-order chi connectivity index (χ1) is 9.24. The first-order valence-corrected chi connectivity index (χ1v) is 7.17. The van der Waals surface area contributed by atoms with E-state index in [4.69, 9.17) is 9.47 Å². The molecule has 1 heterocycles. The van der Waals surface area contributed by atoms with E-state index in [1.165, 1.54) is 0 Å². The molecule has 0 bridgehead atoms. The average Bonchev–Trinajstić information content (AvgIpc) is 2.24. The predicted molar refractivity (Wildman–Crippen MR) is 78.0 cm³/mol. The van der Waals surface area contributed by atoms with E-state index in [0.717, 1.165) is 4.47 Å². The van der Waals surface area contributed by atoms with Crippen LogP contribution in [0.3, 0.4) is 0 Å². The standard InChI is InChI=1S/C14H18BrNO4/c1-14(2,3)20-13(18)16-7-10(8-16)19-12-6-9(15)4-5-11(12)17/h4-6,10,17H,7-8H2,1-3H3. The van der Waals surface area contributed by atoms with Crippen molar-refractivity contribution in [2.45, 2.75) is 32.5 Å². The molecule has 20 heavy (non-hydrogen) atoms. The summed E-state index contributed by atoms with van der Waals surface area (Å²) in [4.78, 5) is 13.3. The van der Waals surface area contributed by atoms with Gasteiger partial charge in [0.25, 0.3) is 0 Å². The third kappa shape index (κ3) is 3.79. The van der Waals surface area contributed by atoms with Crippen LogP contribution in [-0.4, -0.2) is 40.9 Å². The van der Waals surface area contributed by atoms with Gasteiger partial charge in [-0.3, -0.25) is 0 Å². The third-order valence-corrected chi connectivity index (χ3v) is 3.21. The summed E-state index contributed by atoms with van der Waals surface area (Å²) in [5.74, 6) is 0.497. The number of carbonyl (C=O) groups excluding carboxylic acids is 1. The molecule has 0 aliphatic carbocycles. The van der Waals surface area contributed by atoms with Crippen LogP contribution in [-0.2, 0) is 4.74 Å². The summed E-state index contributed by atoms with van der Waals surface area (Å²) in [7, 11) is 0. The van der Waals surface area contributed by atoms with Crippen molar-refractivity contribution < 1.29 is 19.4 Å². The molecular formula is C14H18BrNO4. The second-order valence-electron chi connectivity index (χ2n) is 5.74. The van der Waals surface area contributed by atoms with Crippen LogP contribution in [0.5, 0.6) is 11.5 Å². The lowest BCUT2D eigenvalue weighted by Gasteiger charge is -2.39. The zero-order chi connectivity index (χ0) is 14.9. The Balaban J connectivity index is 1.85. The largest absolute Gasteiger partial charge is 0.504 e. The lowest BCUT2D eigenvalue weighted by molar-refractivity contribution is -0.0226. The molecule has 1 fully saturated rings. The van der Waals surface area contributed by atoms with E-state index in [-0.39, 0.29) is 17.9 Å². The van der Waals surface area contributed by atoms with Crippen molar-refractivity contribution in [3.8, 4) is 11.5 Å². The average molecular weight is 344 g/mol. The summed E-state index contributed by atoms with van der Waals surface area (Å²) in [6, 6.07) is 4.99. The van der Waals surface area contributed by atoms with Crippen LogP contribution >= 0.6 is 15.9 Å². The molecule has 1 N–H and O–H groups in total. The van der Waals surface area contributed by atoms with Gasteiger partial charge in [0.15, 0.2) is 11.5 Å². The molecule has 1 aliphatic heterocycles. The Hall–Kier alpha value is -1.43. The zero-order valence-corrected chi connectivity index (χ0v) is 13.3. The molecule has 0 aromatic heterocycles. The summed E-state index contributed by atoms with van der Waals surface area (Å²) in [6.45, 7) is 6.41. The first-order valence-electron chi connectivity index (χ1n) is 6.38. The van der Waals surface area contributed by atoms with E-state index in [1.54, 1.807) is 23.1 Å². The molecule has 1 amide bonds. The van der Waals surface area contributed by atoms with Crippen molar-refractivity contribution in [3.63, 3.8) is 0 Å². The third-order valence-electron chi connectivity index (χ3n) is 2.72. The Labute approximate surface area is 126 Å². The molecule has 0 unspecified atom stereocenters. The van der Waals surface area contributed by atoms with E-state index >= 15 is 0 Å². The molecule has 1 aromatic carbocycles. The number of amides is 1. The molecule has 2 rings (SSSR count). The number of phenolic OH excluding ortho intramolecular Hbond substituents is 1. The second kappa shape index (κ2) is 5.52. The van der Waals surface area contributed by atoms with Gasteiger partial charge < -0.3 is 19.5 Å². The minimum atomic E-state index is -0.494. The quantitative estimate of drug-likeness (QED) is 0.895. The van der Waals surface area contributed by atoms with E-state index in [2.05, 4.69) is 15.9 Å². The monoisotopic (exact) mass is 343 g/mol. The summed E-state index contributed by atoms with van der Waals surface area (Å²) in [5, 5.41) is 9.68. The highest BCUT2D eigenvalue weighted by Gasteiger charge is 2.35. The number of carbonyl (C=O) groups is 1. The number of halogens is 1. The highest BCUT2D eigenvalue weighted by molar-refractivity contribution is 9.10. The fourth-order valence-electron chi connectivity index (χ4n) is 1.75. The van der Waals surface area contributed by atoms with Crippen molar-refractivity contribution >= 4 is 22.0 Å². The normalized spacial score (nSPS) is 15.7. The molecule has 1 saturated heterocycles. The van der Waals surface area contributed by atoms with Crippen LogP contribution in [0.15, 0.2) is 22.7 Å². The summed E-state index contributed by atoms with van der Waals surface area (Å²) in [6.07, 6.45) is -0.460. The van der Waals surface area contributed by atoms with Crippen molar-refractivity contribution in [1.29, 1.82) is 0 Å². The van der Waals surface area contributed by atoms with E-state index in [9.17, 15) is 9.90 Å². The predicted octanol–water partition coefficient (Wildman–Crippen LogP) is 3.15.